The molecule has 6 nitrogen and oxygen atoms in total. The first-order valence-corrected chi connectivity index (χ1v) is 10.3. The van der Waals surface area contributed by atoms with Gasteiger partial charge in [0.15, 0.2) is 5.96 Å². The third kappa shape index (κ3) is 5.87. The molecule has 2 aromatic rings. The van der Waals surface area contributed by atoms with Gasteiger partial charge in [0.25, 0.3) is 0 Å². The first-order valence-electron chi connectivity index (χ1n) is 9.89. The lowest BCUT2D eigenvalue weighted by atomic mass is 10.00. The van der Waals surface area contributed by atoms with E-state index in [1.54, 1.807) is 4.90 Å². The van der Waals surface area contributed by atoms with E-state index in [0.29, 0.717) is 37.2 Å². The number of aliphatic imine (C=N–C) groups is 1. The summed E-state index contributed by atoms with van der Waals surface area (Å²) in [5, 5.41) is 3.99. The summed E-state index contributed by atoms with van der Waals surface area (Å²) in [6.45, 7) is 4.01. The van der Waals surface area contributed by atoms with E-state index in [1.165, 1.54) is 0 Å². The Kier molecular flexibility index (Phi) is 7.36. The van der Waals surface area contributed by atoms with Gasteiger partial charge in [0, 0.05) is 24.2 Å². The Morgan fingerprint density at radius 1 is 1.21 bits per heavy atom. The summed E-state index contributed by atoms with van der Waals surface area (Å²) in [6, 6.07) is 16.1. The predicted octanol–water partition coefficient (Wildman–Crippen LogP) is 4.03. The molecule has 2 aromatic carbocycles. The summed E-state index contributed by atoms with van der Waals surface area (Å²) in [7, 11) is 0. The van der Waals surface area contributed by atoms with E-state index in [0.717, 1.165) is 29.5 Å². The van der Waals surface area contributed by atoms with Crippen LogP contribution < -0.4 is 11.1 Å². The molecular weight excluding hydrogens is 388 g/mol. The summed E-state index contributed by atoms with van der Waals surface area (Å²) < 4.78 is 5.05. The van der Waals surface area contributed by atoms with Crippen LogP contribution in [-0.2, 0) is 11.3 Å². The van der Waals surface area contributed by atoms with Crippen molar-refractivity contribution < 1.29 is 9.53 Å². The van der Waals surface area contributed by atoms with Crippen molar-refractivity contribution in [2.24, 2.45) is 10.7 Å². The first-order chi connectivity index (χ1) is 14.1. The standard InChI is InChI=1S/C22H27ClN4O2/c1-2-29-22(28)27-13-11-19(12-14-27)26-21(24)25-15-17-5-3-4-6-20(17)16-7-9-18(23)10-8-16/h3-10,19H,2,11-15H2,1H3,(H3,24,25,26). The fourth-order valence-electron chi connectivity index (χ4n) is 3.42. The number of ether oxygens (including phenoxy) is 1. The van der Waals surface area contributed by atoms with Gasteiger partial charge < -0.3 is 20.7 Å². The van der Waals surface area contributed by atoms with E-state index in [4.69, 9.17) is 22.1 Å². The van der Waals surface area contributed by atoms with E-state index >= 15 is 0 Å². The maximum atomic E-state index is 11.8. The topological polar surface area (TPSA) is 80.0 Å². The van der Waals surface area contributed by atoms with Crippen molar-refractivity contribution in [1.29, 1.82) is 0 Å². The number of rotatable bonds is 5. The van der Waals surface area contributed by atoms with Crippen LogP contribution in [0.15, 0.2) is 53.5 Å². The van der Waals surface area contributed by atoms with Gasteiger partial charge >= 0.3 is 6.09 Å². The normalized spacial score (nSPS) is 15.2. The molecule has 0 atom stereocenters. The number of piperidine rings is 1. The summed E-state index contributed by atoms with van der Waals surface area (Å²) in [5.41, 5.74) is 9.42. The van der Waals surface area contributed by atoms with Gasteiger partial charge in [-0.3, -0.25) is 0 Å². The van der Waals surface area contributed by atoms with Crippen LogP contribution in [0.5, 0.6) is 0 Å². The van der Waals surface area contributed by atoms with Crippen LogP contribution >= 0.6 is 11.6 Å². The zero-order chi connectivity index (χ0) is 20.6. The molecule has 1 heterocycles. The van der Waals surface area contributed by atoms with Crippen LogP contribution in [0.3, 0.4) is 0 Å². The van der Waals surface area contributed by atoms with E-state index in [-0.39, 0.29) is 12.1 Å². The summed E-state index contributed by atoms with van der Waals surface area (Å²) >= 11 is 6.00. The second kappa shape index (κ2) is 10.2. The van der Waals surface area contributed by atoms with Crippen LogP contribution in [-0.4, -0.2) is 42.7 Å². The highest BCUT2D eigenvalue weighted by molar-refractivity contribution is 6.30. The Labute approximate surface area is 176 Å². The molecule has 0 aliphatic carbocycles. The Morgan fingerprint density at radius 3 is 2.59 bits per heavy atom. The Morgan fingerprint density at radius 2 is 1.90 bits per heavy atom. The number of halogens is 1. The highest BCUT2D eigenvalue weighted by Gasteiger charge is 2.23. The minimum atomic E-state index is -0.244. The molecule has 1 aliphatic heterocycles. The van der Waals surface area contributed by atoms with E-state index in [9.17, 15) is 4.79 Å². The molecule has 1 aliphatic rings. The number of guanidine groups is 1. The van der Waals surface area contributed by atoms with Crippen LogP contribution in [0.4, 0.5) is 4.79 Å². The SMILES string of the molecule is CCOC(=O)N1CCC(NC(N)=NCc2ccccc2-c2ccc(Cl)cc2)CC1. The zero-order valence-corrected chi connectivity index (χ0v) is 17.4. The molecule has 0 saturated carbocycles. The summed E-state index contributed by atoms with van der Waals surface area (Å²) in [5.74, 6) is 0.422. The van der Waals surface area contributed by atoms with Crippen molar-refractivity contribution in [2.75, 3.05) is 19.7 Å². The van der Waals surface area contributed by atoms with Crippen LogP contribution in [0.25, 0.3) is 11.1 Å². The molecule has 0 radical (unpaired) electrons. The van der Waals surface area contributed by atoms with Gasteiger partial charge in [-0.1, -0.05) is 48.0 Å². The van der Waals surface area contributed by atoms with Gasteiger partial charge in [-0.05, 0) is 48.6 Å². The molecule has 3 rings (SSSR count). The molecule has 0 unspecified atom stereocenters. The lowest BCUT2D eigenvalue weighted by Gasteiger charge is -2.31. The Hall–Kier alpha value is -2.73. The number of nitrogens with two attached hydrogens (primary N) is 1. The molecule has 7 heteroatoms. The number of likely N-dealkylation sites (tertiary alicyclic amines) is 1. The molecular formula is C22H27ClN4O2. The van der Waals surface area contributed by atoms with Gasteiger partial charge in [0.05, 0.1) is 13.2 Å². The summed E-state index contributed by atoms with van der Waals surface area (Å²) in [6.07, 6.45) is 1.39. The van der Waals surface area contributed by atoms with Crippen LogP contribution in [0, 0.1) is 0 Å². The zero-order valence-electron chi connectivity index (χ0n) is 16.6. The quantitative estimate of drug-likeness (QED) is 0.571. The van der Waals surface area contributed by atoms with Crippen molar-refractivity contribution in [2.45, 2.75) is 32.4 Å². The number of nitrogens with one attached hydrogen (secondary N) is 1. The molecule has 1 fully saturated rings. The van der Waals surface area contributed by atoms with Crippen molar-refractivity contribution in [3.05, 3.63) is 59.1 Å². The van der Waals surface area contributed by atoms with Crippen molar-refractivity contribution >= 4 is 23.7 Å². The number of hydrogen-bond acceptors (Lipinski definition) is 3. The van der Waals surface area contributed by atoms with Gasteiger partial charge in [0.2, 0.25) is 0 Å². The average Bonchev–Trinajstić information content (AvgIpc) is 2.74. The number of carbonyl (C=O) groups is 1. The monoisotopic (exact) mass is 414 g/mol. The lowest BCUT2D eigenvalue weighted by Crippen LogP contribution is -2.48. The maximum absolute atomic E-state index is 11.8. The van der Waals surface area contributed by atoms with Crippen molar-refractivity contribution in [1.82, 2.24) is 10.2 Å². The summed E-state index contributed by atoms with van der Waals surface area (Å²) in [4.78, 5) is 18.0. The molecule has 1 saturated heterocycles. The second-order valence-electron chi connectivity index (χ2n) is 6.97. The molecule has 0 bridgehead atoms. The molecule has 0 spiro atoms. The predicted molar refractivity (Wildman–Crippen MR) is 117 cm³/mol. The smallest absolute Gasteiger partial charge is 0.409 e. The van der Waals surface area contributed by atoms with Gasteiger partial charge in [-0.15, -0.1) is 0 Å². The van der Waals surface area contributed by atoms with E-state index in [1.807, 2.05) is 43.3 Å². The van der Waals surface area contributed by atoms with Crippen molar-refractivity contribution in [3.63, 3.8) is 0 Å². The largest absolute Gasteiger partial charge is 0.450 e. The maximum Gasteiger partial charge on any atom is 0.409 e. The highest BCUT2D eigenvalue weighted by atomic mass is 35.5. The van der Waals surface area contributed by atoms with Gasteiger partial charge in [-0.25, -0.2) is 9.79 Å². The van der Waals surface area contributed by atoms with Gasteiger partial charge in [0.1, 0.15) is 0 Å². The number of benzene rings is 2. The molecule has 1 amide bonds. The highest BCUT2D eigenvalue weighted by Crippen LogP contribution is 2.25. The minimum Gasteiger partial charge on any atom is -0.450 e. The van der Waals surface area contributed by atoms with Crippen LogP contribution in [0.2, 0.25) is 5.02 Å². The Balaban J connectivity index is 1.57. The number of carbonyl (C=O) groups excluding carboxylic acids is 1. The second-order valence-corrected chi connectivity index (χ2v) is 7.41. The average molecular weight is 415 g/mol. The van der Waals surface area contributed by atoms with Gasteiger partial charge in [-0.2, -0.15) is 0 Å². The number of amides is 1. The fraction of sp³-hybridized carbons (Fsp3) is 0.364. The minimum absolute atomic E-state index is 0.205. The lowest BCUT2D eigenvalue weighted by molar-refractivity contribution is 0.0963. The third-order valence-electron chi connectivity index (χ3n) is 4.97. The number of nitrogens with zero attached hydrogens (tertiary/aromatic N) is 2. The Bertz CT molecular complexity index is 846. The first kappa shape index (κ1) is 21.0. The van der Waals surface area contributed by atoms with E-state index in [2.05, 4.69) is 22.4 Å². The van der Waals surface area contributed by atoms with E-state index < -0.39 is 0 Å². The molecule has 3 N–H and O–H groups in total. The fourth-order valence-corrected chi connectivity index (χ4v) is 3.54. The molecule has 29 heavy (non-hydrogen) atoms. The third-order valence-corrected chi connectivity index (χ3v) is 5.22. The molecule has 154 valence electrons. The van der Waals surface area contributed by atoms with Crippen LogP contribution in [0.1, 0.15) is 25.3 Å². The van der Waals surface area contributed by atoms with Crippen molar-refractivity contribution in [3.8, 4) is 11.1 Å². The number of hydrogen-bond donors (Lipinski definition) is 2. The molecule has 0 aromatic heterocycles.